The average Bonchev–Trinajstić information content (AvgIpc) is 2.89. The molecule has 1 N–H and O–H groups in total. The Bertz CT molecular complexity index is 812. The van der Waals surface area contributed by atoms with E-state index in [1.807, 2.05) is 0 Å². The predicted octanol–water partition coefficient (Wildman–Crippen LogP) is 3.79. The third-order valence-corrected chi connectivity index (χ3v) is 6.24. The summed E-state index contributed by atoms with van der Waals surface area (Å²) in [6.07, 6.45) is 2.93. The van der Waals surface area contributed by atoms with E-state index in [1.54, 1.807) is 24.3 Å². The Morgan fingerprint density at radius 3 is 2.57 bits per heavy atom. The van der Waals surface area contributed by atoms with Crippen molar-refractivity contribution in [3.63, 3.8) is 0 Å². The molecule has 0 radical (unpaired) electrons. The molecule has 0 aromatic heterocycles. The van der Waals surface area contributed by atoms with E-state index in [2.05, 4.69) is 26.1 Å². The zero-order valence-electron chi connectivity index (χ0n) is 17.7. The van der Waals surface area contributed by atoms with Gasteiger partial charge in [0.05, 0.1) is 0 Å². The van der Waals surface area contributed by atoms with Gasteiger partial charge < -0.3 is 14.8 Å². The number of halogens is 1. The number of nitrogens with one attached hydrogen (secondary N) is 1. The monoisotopic (exact) mass is 436 g/mol. The molecule has 0 bridgehead atoms. The first kappa shape index (κ1) is 22.4. The van der Waals surface area contributed by atoms with Gasteiger partial charge in [-0.25, -0.2) is 4.79 Å². The fourth-order valence-electron chi connectivity index (χ4n) is 4.18. The first-order chi connectivity index (χ1) is 14.1. The van der Waals surface area contributed by atoms with E-state index in [9.17, 15) is 14.4 Å². The van der Waals surface area contributed by atoms with Crippen molar-refractivity contribution in [2.75, 3.05) is 19.8 Å². The molecule has 0 atom stereocenters. The van der Waals surface area contributed by atoms with Crippen LogP contribution in [0.4, 0.5) is 4.79 Å². The van der Waals surface area contributed by atoms with Crippen molar-refractivity contribution in [2.45, 2.75) is 52.0 Å². The number of amides is 3. The molecule has 1 heterocycles. The Balaban J connectivity index is 1.46. The molecular weight excluding hydrogens is 408 g/mol. The number of carbonyl (C=O) groups excluding carboxylic acids is 3. The van der Waals surface area contributed by atoms with Crippen LogP contribution < -0.4 is 10.1 Å². The zero-order valence-corrected chi connectivity index (χ0v) is 18.5. The van der Waals surface area contributed by atoms with Gasteiger partial charge in [0.15, 0.2) is 0 Å². The van der Waals surface area contributed by atoms with Gasteiger partial charge in [0.2, 0.25) is 0 Å². The number of urea groups is 1. The molecule has 1 saturated carbocycles. The van der Waals surface area contributed by atoms with Crippen molar-refractivity contribution in [1.82, 2.24) is 10.2 Å². The number of esters is 1. The second-order valence-electron chi connectivity index (χ2n) is 9.07. The van der Waals surface area contributed by atoms with E-state index < -0.39 is 24.1 Å². The van der Waals surface area contributed by atoms with Gasteiger partial charge in [-0.3, -0.25) is 14.5 Å². The topological polar surface area (TPSA) is 84.9 Å². The van der Waals surface area contributed by atoms with Gasteiger partial charge in [0.25, 0.3) is 5.91 Å². The van der Waals surface area contributed by atoms with E-state index in [0.717, 1.165) is 17.7 Å². The molecule has 3 amide bonds. The van der Waals surface area contributed by atoms with Crippen LogP contribution in [0, 0.1) is 11.3 Å². The third kappa shape index (κ3) is 5.06. The van der Waals surface area contributed by atoms with Gasteiger partial charge >= 0.3 is 12.0 Å². The number of hydrogen-bond donors (Lipinski definition) is 1. The van der Waals surface area contributed by atoms with Crippen LogP contribution in [0.25, 0.3) is 0 Å². The molecule has 3 rings (SSSR count). The molecule has 2 fully saturated rings. The summed E-state index contributed by atoms with van der Waals surface area (Å²) in [6, 6.07) is 6.36. The van der Waals surface area contributed by atoms with Gasteiger partial charge in [-0.05, 0) is 55.2 Å². The van der Waals surface area contributed by atoms with Crippen LogP contribution in [-0.2, 0) is 14.3 Å². The molecule has 1 aliphatic carbocycles. The SMILES string of the molecule is CC(C)(C)C1CCC2(CC1)NC(=O)N(CC(=O)OCCOc1cccc(Cl)c1)C2=O. The quantitative estimate of drug-likeness (QED) is 0.416. The Hall–Kier alpha value is -2.28. The summed E-state index contributed by atoms with van der Waals surface area (Å²) in [4.78, 5) is 38.4. The first-order valence-electron chi connectivity index (χ1n) is 10.3. The standard InChI is InChI=1S/C22H29ClN2O5/c1-21(2,3)15-7-9-22(10-8-15)19(27)25(20(28)24-22)14-18(26)30-12-11-29-17-6-4-5-16(23)13-17/h4-6,13,15H,7-12,14H2,1-3H3,(H,24,28). The smallest absolute Gasteiger partial charge is 0.326 e. The number of ether oxygens (including phenoxy) is 2. The number of benzene rings is 1. The van der Waals surface area contributed by atoms with Crippen LogP contribution >= 0.6 is 11.6 Å². The fourth-order valence-corrected chi connectivity index (χ4v) is 4.36. The Morgan fingerprint density at radius 2 is 1.93 bits per heavy atom. The van der Waals surface area contributed by atoms with Crippen LogP contribution in [-0.4, -0.2) is 48.1 Å². The highest BCUT2D eigenvalue weighted by Gasteiger charge is 2.53. The molecule has 0 unspecified atom stereocenters. The third-order valence-electron chi connectivity index (χ3n) is 6.01. The number of imide groups is 1. The maximum Gasteiger partial charge on any atom is 0.326 e. The molecule has 2 aliphatic rings. The largest absolute Gasteiger partial charge is 0.490 e. The summed E-state index contributed by atoms with van der Waals surface area (Å²) in [5, 5.41) is 3.38. The van der Waals surface area contributed by atoms with Crippen molar-refractivity contribution < 1.29 is 23.9 Å². The van der Waals surface area contributed by atoms with E-state index in [-0.39, 0.29) is 24.5 Å². The highest BCUT2D eigenvalue weighted by molar-refractivity contribution is 6.30. The molecule has 1 spiro atoms. The Labute approximate surface area is 182 Å². The molecule has 7 nitrogen and oxygen atoms in total. The number of carbonyl (C=O) groups is 3. The molecule has 1 aromatic carbocycles. The Morgan fingerprint density at radius 1 is 1.23 bits per heavy atom. The van der Waals surface area contributed by atoms with Crippen LogP contribution in [0.2, 0.25) is 5.02 Å². The van der Waals surface area contributed by atoms with Crippen molar-refractivity contribution in [3.05, 3.63) is 29.3 Å². The normalized spacial score (nSPS) is 24.1. The maximum absolute atomic E-state index is 12.9. The van der Waals surface area contributed by atoms with Gasteiger partial charge in [0, 0.05) is 5.02 Å². The lowest BCUT2D eigenvalue weighted by Crippen LogP contribution is -2.50. The fraction of sp³-hybridized carbons (Fsp3) is 0.591. The van der Waals surface area contributed by atoms with Crippen LogP contribution in [0.3, 0.4) is 0 Å². The molecule has 1 saturated heterocycles. The molecular formula is C22H29ClN2O5. The maximum atomic E-state index is 12.9. The van der Waals surface area contributed by atoms with Gasteiger partial charge in [-0.15, -0.1) is 0 Å². The van der Waals surface area contributed by atoms with Gasteiger partial charge in [0.1, 0.15) is 31.0 Å². The average molecular weight is 437 g/mol. The lowest BCUT2D eigenvalue weighted by molar-refractivity contribution is -0.148. The summed E-state index contributed by atoms with van der Waals surface area (Å²) in [5.41, 5.74) is -0.710. The minimum absolute atomic E-state index is 0.00734. The molecule has 164 valence electrons. The lowest BCUT2D eigenvalue weighted by Gasteiger charge is -2.40. The van der Waals surface area contributed by atoms with E-state index in [1.165, 1.54) is 0 Å². The minimum Gasteiger partial charge on any atom is -0.490 e. The van der Waals surface area contributed by atoms with Gasteiger partial charge in [-0.2, -0.15) is 0 Å². The number of nitrogens with zero attached hydrogens (tertiary/aromatic N) is 1. The van der Waals surface area contributed by atoms with Crippen LogP contribution in [0.5, 0.6) is 5.75 Å². The highest BCUT2D eigenvalue weighted by Crippen LogP contribution is 2.43. The number of hydrogen-bond acceptors (Lipinski definition) is 5. The summed E-state index contributed by atoms with van der Waals surface area (Å²) < 4.78 is 10.6. The summed E-state index contributed by atoms with van der Waals surface area (Å²) >= 11 is 5.88. The second kappa shape index (κ2) is 8.84. The van der Waals surface area contributed by atoms with Crippen molar-refractivity contribution in [1.29, 1.82) is 0 Å². The van der Waals surface area contributed by atoms with Crippen LogP contribution in [0.15, 0.2) is 24.3 Å². The minimum atomic E-state index is -0.880. The number of rotatable bonds is 6. The van der Waals surface area contributed by atoms with Crippen LogP contribution in [0.1, 0.15) is 46.5 Å². The second-order valence-corrected chi connectivity index (χ2v) is 9.51. The van der Waals surface area contributed by atoms with Gasteiger partial charge in [-0.1, -0.05) is 38.4 Å². The zero-order chi connectivity index (χ0) is 21.9. The Kier molecular flexibility index (Phi) is 6.60. The summed E-state index contributed by atoms with van der Waals surface area (Å²) in [5.74, 6) is 0.104. The molecule has 30 heavy (non-hydrogen) atoms. The van der Waals surface area contributed by atoms with E-state index in [0.29, 0.717) is 29.5 Å². The summed E-state index contributed by atoms with van der Waals surface area (Å²) in [6.45, 7) is 6.35. The van der Waals surface area contributed by atoms with Crippen molar-refractivity contribution >= 4 is 29.5 Å². The highest BCUT2D eigenvalue weighted by atomic mass is 35.5. The molecule has 1 aromatic rings. The molecule has 1 aliphatic heterocycles. The van der Waals surface area contributed by atoms with E-state index >= 15 is 0 Å². The lowest BCUT2D eigenvalue weighted by atomic mass is 9.67. The molecule has 8 heteroatoms. The van der Waals surface area contributed by atoms with Crippen molar-refractivity contribution in [2.24, 2.45) is 11.3 Å². The van der Waals surface area contributed by atoms with E-state index in [4.69, 9.17) is 21.1 Å². The first-order valence-corrected chi connectivity index (χ1v) is 10.7. The summed E-state index contributed by atoms with van der Waals surface area (Å²) in [7, 11) is 0. The van der Waals surface area contributed by atoms with Crippen molar-refractivity contribution in [3.8, 4) is 5.75 Å². The predicted molar refractivity (Wildman–Crippen MR) is 112 cm³/mol.